The van der Waals surface area contributed by atoms with Gasteiger partial charge in [0.15, 0.2) is 0 Å². The molecule has 1 aliphatic heterocycles. The summed E-state index contributed by atoms with van der Waals surface area (Å²) >= 11 is 0. The van der Waals surface area contributed by atoms with Crippen LogP contribution < -0.4 is 0 Å². The summed E-state index contributed by atoms with van der Waals surface area (Å²) < 4.78 is 47.9. The smallest absolute Gasteiger partial charge is 0.222 e. The Hall–Kier alpha value is -2.30. The summed E-state index contributed by atoms with van der Waals surface area (Å²) in [5.74, 6) is -1.94. The van der Waals surface area contributed by atoms with E-state index in [1.54, 1.807) is 12.1 Å². The van der Waals surface area contributed by atoms with Gasteiger partial charge in [0.25, 0.3) is 0 Å². The van der Waals surface area contributed by atoms with Crippen LogP contribution in [-0.2, 0) is 11.2 Å². The first-order valence-electron chi connectivity index (χ1n) is 11.0. The van der Waals surface area contributed by atoms with Gasteiger partial charge in [0.2, 0.25) is 5.90 Å². The summed E-state index contributed by atoms with van der Waals surface area (Å²) in [6.45, 7) is 2.29. The van der Waals surface area contributed by atoms with Crippen molar-refractivity contribution in [2.75, 3.05) is 6.61 Å². The van der Waals surface area contributed by atoms with Gasteiger partial charge in [-0.3, -0.25) is 0 Å². The van der Waals surface area contributed by atoms with Crippen molar-refractivity contribution in [3.63, 3.8) is 0 Å². The zero-order valence-electron chi connectivity index (χ0n) is 17.6. The van der Waals surface area contributed by atoms with E-state index in [0.29, 0.717) is 5.56 Å². The van der Waals surface area contributed by atoms with Crippen molar-refractivity contribution in [2.24, 2.45) is 4.99 Å². The number of unbranched alkanes of at least 4 members (excludes halogenated alkanes) is 7. The Morgan fingerprint density at radius 1 is 0.867 bits per heavy atom. The molecule has 1 atom stereocenters. The molecule has 0 saturated heterocycles. The molecule has 2 nitrogen and oxygen atoms in total. The maximum absolute atomic E-state index is 14.7. The highest BCUT2D eigenvalue weighted by Gasteiger charge is 2.27. The Morgan fingerprint density at radius 3 is 2.20 bits per heavy atom. The maximum Gasteiger partial charge on any atom is 0.222 e. The molecule has 0 radical (unpaired) electrons. The maximum atomic E-state index is 14.7. The Kier molecular flexibility index (Phi) is 8.35. The lowest BCUT2D eigenvalue weighted by atomic mass is 10.0. The van der Waals surface area contributed by atoms with Crippen molar-refractivity contribution < 1.29 is 17.9 Å². The number of halogens is 3. The minimum atomic E-state index is -0.740. The van der Waals surface area contributed by atoms with Crippen molar-refractivity contribution in [3.05, 3.63) is 70.5 Å². The molecular formula is C25H30F3NO. The van der Waals surface area contributed by atoms with Crippen LogP contribution >= 0.6 is 0 Å². The van der Waals surface area contributed by atoms with Crippen LogP contribution in [0.15, 0.2) is 41.4 Å². The molecule has 0 bridgehead atoms. The molecule has 0 amide bonds. The highest BCUT2D eigenvalue weighted by Crippen LogP contribution is 2.29. The molecule has 0 saturated carbocycles. The first-order valence-corrected chi connectivity index (χ1v) is 11.0. The zero-order valence-corrected chi connectivity index (χ0v) is 17.6. The summed E-state index contributed by atoms with van der Waals surface area (Å²) in [5.41, 5.74) is 1.05. The number of aliphatic imine (C=N–C) groups is 1. The van der Waals surface area contributed by atoms with Gasteiger partial charge >= 0.3 is 0 Å². The molecule has 162 valence electrons. The number of hydrogen-bond donors (Lipinski definition) is 0. The van der Waals surface area contributed by atoms with Gasteiger partial charge in [-0.2, -0.15) is 0 Å². The van der Waals surface area contributed by atoms with Crippen molar-refractivity contribution in [1.29, 1.82) is 0 Å². The monoisotopic (exact) mass is 417 g/mol. The first-order chi connectivity index (χ1) is 14.6. The van der Waals surface area contributed by atoms with Crippen LogP contribution in [0, 0.1) is 17.5 Å². The number of rotatable bonds is 11. The molecule has 0 fully saturated rings. The van der Waals surface area contributed by atoms with Crippen molar-refractivity contribution in [3.8, 4) is 0 Å². The van der Waals surface area contributed by atoms with Crippen molar-refractivity contribution >= 4 is 5.90 Å². The second-order valence-corrected chi connectivity index (χ2v) is 7.94. The molecule has 1 unspecified atom stereocenters. The lowest BCUT2D eigenvalue weighted by molar-refractivity contribution is 0.315. The van der Waals surface area contributed by atoms with E-state index in [2.05, 4.69) is 11.9 Å². The first kappa shape index (κ1) is 22.4. The van der Waals surface area contributed by atoms with E-state index < -0.39 is 17.7 Å². The molecule has 5 heteroatoms. The quantitative estimate of drug-likeness (QED) is 0.351. The summed E-state index contributed by atoms with van der Waals surface area (Å²) in [6.07, 6.45) is 10.8. The van der Waals surface area contributed by atoms with Gasteiger partial charge in [-0.1, -0.05) is 70.1 Å². The van der Waals surface area contributed by atoms with E-state index in [-0.39, 0.29) is 23.9 Å². The third-order valence-electron chi connectivity index (χ3n) is 5.57. The van der Waals surface area contributed by atoms with Crippen LogP contribution in [0.4, 0.5) is 13.2 Å². The standard InChI is InChI=1S/C25H30F3NO/c1-2-3-4-5-6-7-8-9-11-18-14-15-19(22(28)16-18)23-17-30-25(29-23)24-20(26)12-10-13-21(24)27/h10,12-16,23H,2-9,11,17H2,1H3. The molecular weight excluding hydrogens is 387 g/mol. The lowest BCUT2D eigenvalue weighted by Crippen LogP contribution is -2.07. The fourth-order valence-corrected chi connectivity index (χ4v) is 3.83. The average molecular weight is 418 g/mol. The molecule has 3 rings (SSSR count). The largest absolute Gasteiger partial charge is 0.475 e. The molecule has 30 heavy (non-hydrogen) atoms. The fraction of sp³-hybridized carbons (Fsp3) is 0.480. The molecule has 1 aliphatic rings. The van der Waals surface area contributed by atoms with E-state index in [1.807, 2.05) is 6.07 Å². The van der Waals surface area contributed by atoms with Crippen molar-refractivity contribution in [1.82, 2.24) is 0 Å². The number of benzene rings is 2. The number of hydrogen-bond acceptors (Lipinski definition) is 2. The number of nitrogens with zero attached hydrogens (tertiary/aromatic N) is 1. The van der Waals surface area contributed by atoms with Gasteiger partial charge in [-0.15, -0.1) is 0 Å². The SMILES string of the molecule is CCCCCCCCCCc1ccc(C2COC(c3c(F)cccc3F)=N2)c(F)c1. The predicted octanol–water partition coefficient (Wildman–Crippen LogP) is 7.31. The van der Waals surface area contributed by atoms with Crippen LogP contribution in [0.1, 0.15) is 81.0 Å². The average Bonchev–Trinajstić information content (AvgIpc) is 3.19. The molecule has 1 heterocycles. The van der Waals surface area contributed by atoms with E-state index in [4.69, 9.17) is 4.74 Å². The lowest BCUT2D eigenvalue weighted by Gasteiger charge is -2.09. The van der Waals surface area contributed by atoms with Gasteiger partial charge in [0.1, 0.15) is 35.7 Å². The predicted molar refractivity (Wildman–Crippen MR) is 114 cm³/mol. The number of aryl methyl sites for hydroxylation is 1. The van der Waals surface area contributed by atoms with Crippen LogP contribution in [0.25, 0.3) is 0 Å². The molecule has 2 aromatic rings. The molecule has 0 N–H and O–H groups in total. The van der Waals surface area contributed by atoms with Crippen LogP contribution in [0.2, 0.25) is 0 Å². The van der Waals surface area contributed by atoms with E-state index in [0.717, 1.165) is 37.0 Å². The third-order valence-corrected chi connectivity index (χ3v) is 5.57. The minimum Gasteiger partial charge on any atom is -0.475 e. The molecule has 0 aromatic heterocycles. The Balaban J connectivity index is 1.54. The second-order valence-electron chi connectivity index (χ2n) is 7.94. The van der Waals surface area contributed by atoms with Gasteiger partial charge in [-0.25, -0.2) is 18.2 Å². The summed E-state index contributed by atoms with van der Waals surface area (Å²) in [5, 5.41) is 0. The Morgan fingerprint density at radius 2 is 1.53 bits per heavy atom. The number of ether oxygens (including phenoxy) is 1. The minimum absolute atomic E-state index is 0.0669. The Labute approximate surface area is 177 Å². The molecule has 2 aromatic carbocycles. The fourth-order valence-electron chi connectivity index (χ4n) is 3.83. The van der Waals surface area contributed by atoms with Crippen molar-refractivity contribution in [2.45, 2.75) is 70.8 Å². The molecule has 0 spiro atoms. The Bertz CT molecular complexity index is 845. The summed E-state index contributed by atoms with van der Waals surface area (Å²) in [6, 6.07) is 8.16. The van der Waals surface area contributed by atoms with Crippen LogP contribution in [0.5, 0.6) is 0 Å². The zero-order chi connectivity index (χ0) is 21.3. The van der Waals surface area contributed by atoms with Gasteiger partial charge in [0, 0.05) is 5.56 Å². The van der Waals surface area contributed by atoms with Gasteiger partial charge in [-0.05, 0) is 36.6 Å². The van der Waals surface area contributed by atoms with Gasteiger partial charge < -0.3 is 4.74 Å². The topological polar surface area (TPSA) is 21.6 Å². The summed E-state index contributed by atoms with van der Waals surface area (Å²) in [7, 11) is 0. The van der Waals surface area contributed by atoms with Gasteiger partial charge in [0.05, 0.1) is 0 Å². The van der Waals surface area contributed by atoms with E-state index in [9.17, 15) is 13.2 Å². The second kappa shape index (κ2) is 11.2. The van der Waals surface area contributed by atoms with E-state index in [1.165, 1.54) is 44.6 Å². The normalized spacial score (nSPS) is 15.9. The highest BCUT2D eigenvalue weighted by molar-refractivity contribution is 5.95. The summed E-state index contributed by atoms with van der Waals surface area (Å²) in [4.78, 5) is 4.23. The van der Waals surface area contributed by atoms with Crippen LogP contribution in [0.3, 0.4) is 0 Å². The third kappa shape index (κ3) is 5.87. The van der Waals surface area contributed by atoms with E-state index >= 15 is 0 Å². The van der Waals surface area contributed by atoms with Crippen LogP contribution in [-0.4, -0.2) is 12.5 Å². The highest BCUT2D eigenvalue weighted by atomic mass is 19.1. The molecule has 0 aliphatic carbocycles.